The summed E-state index contributed by atoms with van der Waals surface area (Å²) >= 11 is 4.17. The first kappa shape index (κ1) is 9.31. The zero-order chi connectivity index (χ0) is 8.59. The summed E-state index contributed by atoms with van der Waals surface area (Å²) in [6.45, 7) is 0. The highest BCUT2D eigenvalue weighted by molar-refractivity contribution is 14.1. The van der Waals surface area contributed by atoms with Crippen LogP contribution >= 0.6 is 38.5 Å². The van der Waals surface area contributed by atoms with Crippen molar-refractivity contribution in [2.45, 2.75) is 0 Å². The third kappa shape index (κ3) is 1.69. The van der Waals surface area contributed by atoms with Crippen LogP contribution in [0.3, 0.4) is 0 Å². The molecular weight excluding hydrogens is 336 g/mol. The van der Waals surface area contributed by atoms with Crippen LogP contribution in [-0.2, 0) is 0 Å². The van der Waals surface area contributed by atoms with Gasteiger partial charge in [-0.15, -0.1) is 0 Å². The van der Waals surface area contributed by atoms with Gasteiger partial charge in [0, 0.05) is 0 Å². The molecule has 0 aliphatic heterocycles. The van der Waals surface area contributed by atoms with Gasteiger partial charge in [0.25, 0.3) is 0 Å². The Labute approximate surface area is 83.1 Å². The van der Waals surface area contributed by atoms with Crippen molar-refractivity contribution in [3.05, 3.63) is 31.6 Å². The molecule has 1 rings (SSSR count). The normalized spacial score (nSPS) is 10.3. The molecule has 0 bridgehead atoms. The topological polar surface area (TPSA) is 0 Å². The Bertz CT molecular complexity index is 274. The van der Waals surface area contributed by atoms with Crippen molar-refractivity contribution in [2.24, 2.45) is 0 Å². The molecule has 0 aliphatic rings. The standard InChI is InChI=1S/C6HBrF3I/c7-4-5(9)2(8)1-3(11)6(4)10/h1H. The summed E-state index contributed by atoms with van der Waals surface area (Å²) in [7, 11) is 0. The largest absolute Gasteiger partial charge is 0.204 e. The Kier molecular flexibility index (Phi) is 2.79. The SMILES string of the molecule is Fc1cc(I)c(F)c(Br)c1F. The first-order valence-corrected chi connectivity index (χ1v) is 4.39. The number of hydrogen-bond donors (Lipinski definition) is 0. The predicted octanol–water partition coefficient (Wildman–Crippen LogP) is 3.47. The van der Waals surface area contributed by atoms with Gasteiger partial charge in [0.2, 0.25) is 0 Å². The van der Waals surface area contributed by atoms with Crippen LogP contribution in [0, 0.1) is 21.0 Å². The fourth-order valence-electron chi connectivity index (χ4n) is 0.544. The highest BCUT2D eigenvalue weighted by Crippen LogP contribution is 2.25. The zero-order valence-electron chi connectivity index (χ0n) is 4.97. The van der Waals surface area contributed by atoms with Gasteiger partial charge in [-0.05, 0) is 44.6 Å². The maximum Gasteiger partial charge on any atom is 0.176 e. The lowest BCUT2D eigenvalue weighted by atomic mass is 10.3. The molecule has 0 unspecified atom stereocenters. The van der Waals surface area contributed by atoms with Crippen molar-refractivity contribution in [2.75, 3.05) is 0 Å². The molecule has 0 amide bonds. The highest BCUT2D eigenvalue weighted by atomic mass is 127. The monoisotopic (exact) mass is 336 g/mol. The number of hydrogen-bond acceptors (Lipinski definition) is 0. The number of halogens is 5. The Morgan fingerprint density at radius 2 is 1.73 bits per heavy atom. The quantitative estimate of drug-likeness (QED) is 0.386. The van der Waals surface area contributed by atoms with Crippen molar-refractivity contribution in [1.82, 2.24) is 0 Å². The Hall–Kier alpha value is 0.220. The van der Waals surface area contributed by atoms with Crippen LogP contribution in [0.1, 0.15) is 0 Å². The molecule has 0 atom stereocenters. The second-order valence-corrected chi connectivity index (χ2v) is 3.74. The van der Waals surface area contributed by atoms with E-state index in [0.717, 1.165) is 6.07 Å². The summed E-state index contributed by atoms with van der Waals surface area (Å²) in [6.07, 6.45) is 0. The molecule has 0 aromatic heterocycles. The van der Waals surface area contributed by atoms with Crippen LogP contribution in [0.15, 0.2) is 10.5 Å². The first-order valence-electron chi connectivity index (χ1n) is 2.52. The van der Waals surface area contributed by atoms with Gasteiger partial charge in [-0.2, -0.15) is 0 Å². The smallest absolute Gasteiger partial charge is 0.176 e. The van der Waals surface area contributed by atoms with Crippen LogP contribution < -0.4 is 0 Å². The maximum atomic E-state index is 12.7. The van der Waals surface area contributed by atoms with Crippen LogP contribution in [0.25, 0.3) is 0 Å². The van der Waals surface area contributed by atoms with Crippen LogP contribution in [-0.4, -0.2) is 0 Å². The predicted molar refractivity (Wildman–Crippen MR) is 46.7 cm³/mol. The molecule has 0 aliphatic carbocycles. The molecule has 0 fully saturated rings. The Balaban J connectivity index is 3.46. The van der Waals surface area contributed by atoms with Gasteiger partial charge in [-0.25, -0.2) is 13.2 Å². The van der Waals surface area contributed by atoms with Gasteiger partial charge in [0.1, 0.15) is 0 Å². The summed E-state index contributed by atoms with van der Waals surface area (Å²) in [4.78, 5) is 0. The summed E-state index contributed by atoms with van der Waals surface area (Å²) in [5.74, 6) is -3.02. The Morgan fingerprint density at radius 3 is 2.27 bits per heavy atom. The molecule has 1 aromatic carbocycles. The minimum absolute atomic E-state index is 0.0494. The van der Waals surface area contributed by atoms with Gasteiger partial charge in [-0.3, -0.25) is 0 Å². The van der Waals surface area contributed by atoms with Crippen molar-refractivity contribution in [3.8, 4) is 0 Å². The third-order valence-corrected chi connectivity index (χ3v) is 2.54. The van der Waals surface area contributed by atoms with Gasteiger partial charge < -0.3 is 0 Å². The van der Waals surface area contributed by atoms with E-state index < -0.39 is 21.9 Å². The maximum absolute atomic E-state index is 12.7. The summed E-state index contributed by atoms with van der Waals surface area (Å²) < 4.78 is 37.3. The number of benzene rings is 1. The summed E-state index contributed by atoms with van der Waals surface area (Å²) in [5, 5.41) is 0. The average Bonchev–Trinajstić information content (AvgIpc) is 1.97. The van der Waals surface area contributed by atoms with E-state index in [-0.39, 0.29) is 3.57 Å². The summed E-state index contributed by atoms with van der Waals surface area (Å²) in [6, 6.07) is 0.802. The molecule has 0 nitrogen and oxygen atoms in total. The minimum atomic E-state index is -1.19. The van der Waals surface area contributed by atoms with Crippen molar-refractivity contribution in [1.29, 1.82) is 0 Å². The second kappa shape index (κ2) is 3.30. The van der Waals surface area contributed by atoms with Crippen LogP contribution in [0.5, 0.6) is 0 Å². The van der Waals surface area contributed by atoms with Gasteiger partial charge >= 0.3 is 0 Å². The summed E-state index contributed by atoms with van der Waals surface area (Å²) in [5.41, 5.74) is 0. The molecular formula is C6HBrF3I. The Morgan fingerprint density at radius 1 is 1.18 bits per heavy atom. The van der Waals surface area contributed by atoms with Crippen LogP contribution in [0.4, 0.5) is 13.2 Å². The van der Waals surface area contributed by atoms with E-state index in [1.807, 2.05) is 0 Å². The van der Waals surface area contributed by atoms with E-state index in [9.17, 15) is 13.2 Å². The van der Waals surface area contributed by atoms with Gasteiger partial charge in [0.05, 0.1) is 8.04 Å². The van der Waals surface area contributed by atoms with Crippen molar-refractivity contribution < 1.29 is 13.2 Å². The van der Waals surface area contributed by atoms with E-state index in [1.165, 1.54) is 0 Å². The lowest BCUT2D eigenvalue weighted by Crippen LogP contribution is -1.93. The zero-order valence-corrected chi connectivity index (χ0v) is 8.71. The molecule has 0 saturated heterocycles. The van der Waals surface area contributed by atoms with E-state index in [2.05, 4.69) is 15.9 Å². The van der Waals surface area contributed by atoms with E-state index >= 15 is 0 Å². The van der Waals surface area contributed by atoms with E-state index in [0.29, 0.717) is 0 Å². The molecule has 0 heterocycles. The molecule has 0 saturated carbocycles. The molecule has 0 radical (unpaired) electrons. The lowest BCUT2D eigenvalue weighted by molar-refractivity contribution is 0.485. The lowest BCUT2D eigenvalue weighted by Gasteiger charge is -1.99. The number of rotatable bonds is 0. The van der Waals surface area contributed by atoms with Crippen molar-refractivity contribution >= 4 is 38.5 Å². The first-order chi connectivity index (χ1) is 5.04. The van der Waals surface area contributed by atoms with Crippen molar-refractivity contribution in [3.63, 3.8) is 0 Å². The van der Waals surface area contributed by atoms with E-state index in [1.54, 1.807) is 22.6 Å². The fraction of sp³-hybridized carbons (Fsp3) is 0. The third-order valence-electron chi connectivity index (χ3n) is 1.06. The molecule has 5 heteroatoms. The fourth-order valence-corrected chi connectivity index (χ4v) is 1.86. The minimum Gasteiger partial charge on any atom is -0.204 e. The highest BCUT2D eigenvalue weighted by Gasteiger charge is 2.14. The molecule has 60 valence electrons. The molecule has 0 N–H and O–H groups in total. The van der Waals surface area contributed by atoms with Gasteiger partial charge in [0.15, 0.2) is 17.5 Å². The van der Waals surface area contributed by atoms with E-state index in [4.69, 9.17) is 0 Å². The molecule has 0 spiro atoms. The molecule has 1 aromatic rings. The van der Waals surface area contributed by atoms with Gasteiger partial charge in [-0.1, -0.05) is 0 Å². The molecule has 11 heavy (non-hydrogen) atoms. The van der Waals surface area contributed by atoms with Crippen LogP contribution in [0.2, 0.25) is 0 Å². The average molecular weight is 337 g/mol. The second-order valence-electron chi connectivity index (χ2n) is 1.78.